The van der Waals surface area contributed by atoms with Crippen molar-refractivity contribution in [3.8, 4) is 0 Å². The lowest BCUT2D eigenvalue weighted by atomic mass is 10.1. The smallest absolute Gasteiger partial charge is 0.328 e. The fraction of sp³-hybridized carbons (Fsp3) is 0.273. The number of aryl methyl sites for hydroxylation is 1. The topological polar surface area (TPSA) is 105 Å². The van der Waals surface area contributed by atoms with Crippen molar-refractivity contribution in [3.63, 3.8) is 0 Å². The van der Waals surface area contributed by atoms with Crippen LogP contribution in [0.25, 0.3) is 0 Å². The van der Waals surface area contributed by atoms with Crippen LogP contribution in [0.4, 0.5) is 10.1 Å². The minimum atomic E-state index is -0.965. The van der Waals surface area contributed by atoms with Gasteiger partial charge in [0.05, 0.1) is 6.54 Å². The number of amides is 3. The van der Waals surface area contributed by atoms with Gasteiger partial charge in [0, 0.05) is 18.3 Å². The maximum Gasteiger partial charge on any atom is 0.328 e. The molecule has 0 radical (unpaired) electrons. The number of nitrogens with zero attached hydrogens (tertiary/aromatic N) is 1. The van der Waals surface area contributed by atoms with Crippen molar-refractivity contribution in [2.45, 2.75) is 19.9 Å². The molecule has 0 fully saturated rings. The second-order valence-electron chi connectivity index (χ2n) is 6.98. The number of carbonyl (C=O) groups excluding carboxylic acids is 4. The summed E-state index contributed by atoms with van der Waals surface area (Å²) in [4.78, 5) is 49.5. The first-order chi connectivity index (χ1) is 14.7. The van der Waals surface area contributed by atoms with Gasteiger partial charge in [-0.05, 0) is 50.2 Å². The van der Waals surface area contributed by atoms with Crippen LogP contribution in [0.3, 0.4) is 0 Å². The standard InChI is InChI=1S/C22H24FN3O5/c1-14-5-4-6-16(11-14)21(29)24-15(2)22(30)31-13-20(28)26(3)12-19(27)25-18-9-7-17(23)8-10-18/h4-11,15H,12-13H2,1-3H3,(H,24,29)(H,25,27)/t15-/m0/s1. The number of esters is 1. The highest BCUT2D eigenvalue weighted by Crippen LogP contribution is 2.08. The fourth-order valence-electron chi connectivity index (χ4n) is 2.53. The molecule has 2 N–H and O–H groups in total. The molecule has 0 aliphatic heterocycles. The van der Waals surface area contributed by atoms with Gasteiger partial charge in [-0.25, -0.2) is 9.18 Å². The molecule has 8 nitrogen and oxygen atoms in total. The van der Waals surface area contributed by atoms with Gasteiger partial charge >= 0.3 is 5.97 Å². The number of rotatable bonds is 8. The number of ether oxygens (including phenoxy) is 1. The van der Waals surface area contributed by atoms with E-state index >= 15 is 0 Å². The molecule has 2 aromatic rings. The Kier molecular flexibility index (Phi) is 8.25. The van der Waals surface area contributed by atoms with Crippen LogP contribution in [0.1, 0.15) is 22.8 Å². The summed E-state index contributed by atoms with van der Waals surface area (Å²) in [5, 5.41) is 5.03. The molecule has 0 unspecified atom stereocenters. The van der Waals surface area contributed by atoms with Crippen molar-refractivity contribution >= 4 is 29.4 Å². The molecule has 0 aromatic heterocycles. The number of likely N-dealkylation sites (N-methyl/N-ethyl adjacent to an activating group) is 1. The first-order valence-electron chi connectivity index (χ1n) is 9.49. The average molecular weight is 429 g/mol. The van der Waals surface area contributed by atoms with E-state index in [4.69, 9.17) is 4.74 Å². The Hall–Kier alpha value is -3.75. The highest BCUT2D eigenvalue weighted by molar-refractivity contribution is 5.97. The van der Waals surface area contributed by atoms with Crippen LogP contribution in [-0.2, 0) is 19.1 Å². The summed E-state index contributed by atoms with van der Waals surface area (Å²) in [7, 11) is 1.38. The SMILES string of the molecule is Cc1cccc(C(=O)N[C@@H](C)C(=O)OCC(=O)N(C)CC(=O)Nc2ccc(F)cc2)c1. The van der Waals surface area contributed by atoms with Gasteiger partial charge in [-0.2, -0.15) is 0 Å². The highest BCUT2D eigenvalue weighted by atomic mass is 19.1. The molecule has 0 bridgehead atoms. The van der Waals surface area contributed by atoms with E-state index in [1.807, 2.05) is 13.0 Å². The minimum Gasteiger partial charge on any atom is -0.454 e. The lowest BCUT2D eigenvalue weighted by molar-refractivity contribution is -0.153. The number of halogens is 1. The Morgan fingerprint density at radius 1 is 1.10 bits per heavy atom. The second kappa shape index (κ2) is 10.9. The first kappa shape index (κ1) is 23.5. The van der Waals surface area contributed by atoms with Crippen molar-refractivity contribution in [1.82, 2.24) is 10.2 Å². The van der Waals surface area contributed by atoms with E-state index in [2.05, 4.69) is 10.6 Å². The largest absolute Gasteiger partial charge is 0.454 e. The van der Waals surface area contributed by atoms with Crippen LogP contribution in [0.15, 0.2) is 48.5 Å². The maximum absolute atomic E-state index is 12.9. The molecule has 1 atom stereocenters. The molecular formula is C22H24FN3O5. The third-order valence-electron chi connectivity index (χ3n) is 4.25. The molecule has 0 saturated heterocycles. The zero-order chi connectivity index (χ0) is 23.0. The van der Waals surface area contributed by atoms with Crippen LogP contribution < -0.4 is 10.6 Å². The molecule has 0 heterocycles. The Morgan fingerprint density at radius 2 is 1.77 bits per heavy atom. The number of carbonyl (C=O) groups is 4. The van der Waals surface area contributed by atoms with Gasteiger partial charge in [0.2, 0.25) is 5.91 Å². The molecule has 2 rings (SSSR count). The Bertz CT molecular complexity index is 962. The van der Waals surface area contributed by atoms with Crippen molar-refractivity contribution in [2.75, 3.05) is 25.5 Å². The normalized spacial score (nSPS) is 11.2. The Balaban J connectivity index is 1.76. The summed E-state index contributed by atoms with van der Waals surface area (Å²) in [6, 6.07) is 11.1. The number of benzene rings is 2. The molecule has 164 valence electrons. The van der Waals surface area contributed by atoms with E-state index in [1.54, 1.807) is 18.2 Å². The number of anilines is 1. The zero-order valence-electron chi connectivity index (χ0n) is 17.5. The molecule has 0 spiro atoms. The summed E-state index contributed by atoms with van der Waals surface area (Å²) < 4.78 is 17.8. The second-order valence-corrected chi connectivity index (χ2v) is 6.98. The van der Waals surface area contributed by atoms with E-state index < -0.39 is 42.2 Å². The summed E-state index contributed by atoms with van der Waals surface area (Å²) in [6.07, 6.45) is 0. The van der Waals surface area contributed by atoms with E-state index in [1.165, 1.54) is 38.2 Å². The molecule has 2 aromatic carbocycles. The summed E-state index contributed by atoms with van der Waals surface area (Å²) in [6.45, 7) is 2.42. The van der Waals surface area contributed by atoms with Crippen LogP contribution in [0.5, 0.6) is 0 Å². The van der Waals surface area contributed by atoms with Crippen LogP contribution in [0.2, 0.25) is 0 Å². The molecule has 9 heteroatoms. The quantitative estimate of drug-likeness (QED) is 0.624. The van der Waals surface area contributed by atoms with Gasteiger partial charge in [-0.3, -0.25) is 14.4 Å². The lowest BCUT2D eigenvalue weighted by Crippen LogP contribution is -2.42. The predicted molar refractivity (Wildman–Crippen MR) is 112 cm³/mol. The van der Waals surface area contributed by atoms with Gasteiger partial charge in [-0.1, -0.05) is 17.7 Å². The third kappa shape index (κ3) is 7.54. The van der Waals surface area contributed by atoms with E-state index in [-0.39, 0.29) is 6.54 Å². The van der Waals surface area contributed by atoms with Crippen LogP contribution in [-0.4, -0.2) is 54.8 Å². The number of hydrogen-bond acceptors (Lipinski definition) is 5. The van der Waals surface area contributed by atoms with Gasteiger partial charge in [0.25, 0.3) is 11.8 Å². The van der Waals surface area contributed by atoms with Crippen molar-refractivity contribution < 1.29 is 28.3 Å². The van der Waals surface area contributed by atoms with Crippen LogP contribution >= 0.6 is 0 Å². The molecule has 0 saturated carbocycles. The van der Waals surface area contributed by atoms with Crippen molar-refractivity contribution in [2.24, 2.45) is 0 Å². The van der Waals surface area contributed by atoms with Gasteiger partial charge < -0.3 is 20.3 Å². The number of hydrogen-bond donors (Lipinski definition) is 2. The molecule has 3 amide bonds. The first-order valence-corrected chi connectivity index (χ1v) is 9.49. The van der Waals surface area contributed by atoms with Crippen molar-refractivity contribution in [1.29, 1.82) is 0 Å². The number of nitrogens with one attached hydrogen (secondary N) is 2. The average Bonchev–Trinajstić information content (AvgIpc) is 2.73. The molecular weight excluding hydrogens is 405 g/mol. The minimum absolute atomic E-state index is 0.284. The Labute approximate surface area is 179 Å². The summed E-state index contributed by atoms with van der Waals surface area (Å²) in [5.41, 5.74) is 1.69. The molecule has 0 aliphatic carbocycles. The van der Waals surface area contributed by atoms with Crippen LogP contribution in [0, 0.1) is 12.7 Å². The highest BCUT2D eigenvalue weighted by Gasteiger charge is 2.21. The molecule has 31 heavy (non-hydrogen) atoms. The molecule has 0 aliphatic rings. The fourth-order valence-corrected chi connectivity index (χ4v) is 2.53. The third-order valence-corrected chi connectivity index (χ3v) is 4.25. The zero-order valence-corrected chi connectivity index (χ0v) is 17.5. The van der Waals surface area contributed by atoms with Gasteiger partial charge in [0.15, 0.2) is 6.61 Å². The van der Waals surface area contributed by atoms with Gasteiger partial charge in [-0.15, -0.1) is 0 Å². The maximum atomic E-state index is 12.9. The van der Waals surface area contributed by atoms with E-state index in [9.17, 15) is 23.6 Å². The Morgan fingerprint density at radius 3 is 2.42 bits per heavy atom. The van der Waals surface area contributed by atoms with Gasteiger partial charge in [0.1, 0.15) is 11.9 Å². The van der Waals surface area contributed by atoms with Crippen molar-refractivity contribution in [3.05, 3.63) is 65.5 Å². The monoisotopic (exact) mass is 429 g/mol. The lowest BCUT2D eigenvalue weighted by Gasteiger charge is -2.18. The van der Waals surface area contributed by atoms with E-state index in [0.717, 1.165) is 10.5 Å². The van der Waals surface area contributed by atoms with E-state index in [0.29, 0.717) is 11.3 Å². The summed E-state index contributed by atoms with van der Waals surface area (Å²) >= 11 is 0. The predicted octanol–water partition coefficient (Wildman–Crippen LogP) is 1.89. The summed E-state index contributed by atoms with van der Waals surface area (Å²) in [5.74, 6) is -2.74.